The summed E-state index contributed by atoms with van der Waals surface area (Å²) < 4.78 is 26.7. The highest BCUT2D eigenvalue weighted by Gasteiger charge is 2.20. The van der Waals surface area contributed by atoms with Crippen LogP contribution in [0.1, 0.15) is 38.5 Å². The van der Waals surface area contributed by atoms with E-state index in [0.29, 0.717) is 0 Å². The predicted molar refractivity (Wildman–Crippen MR) is 92.5 cm³/mol. The number of rotatable bonds is 7. The minimum atomic E-state index is -3.85. The van der Waals surface area contributed by atoms with Crippen molar-refractivity contribution < 1.29 is 18.1 Å². The molecule has 8 nitrogen and oxygen atoms in total. The number of nitro groups is 1. The molecule has 1 saturated carbocycles. The van der Waals surface area contributed by atoms with E-state index < -0.39 is 14.9 Å². The molecular weight excluding hydrogens is 346 g/mol. The number of nitrogens with one attached hydrogen (secondary N) is 2. The van der Waals surface area contributed by atoms with Crippen LogP contribution in [0.3, 0.4) is 0 Å². The van der Waals surface area contributed by atoms with Crippen molar-refractivity contribution in [3.8, 4) is 0 Å². The lowest BCUT2D eigenvalue weighted by atomic mass is 10.00. The van der Waals surface area contributed by atoms with Crippen molar-refractivity contribution in [2.75, 3.05) is 13.1 Å². The van der Waals surface area contributed by atoms with Gasteiger partial charge in [-0.2, -0.15) is 0 Å². The number of nitrogens with zero attached hydrogens (tertiary/aromatic N) is 1. The first-order valence-electron chi connectivity index (χ1n) is 8.42. The summed E-state index contributed by atoms with van der Waals surface area (Å²) in [4.78, 5) is 22.0. The molecule has 2 rings (SSSR count). The zero-order chi connectivity index (χ0) is 18.3. The first-order chi connectivity index (χ1) is 11.9. The summed E-state index contributed by atoms with van der Waals surface area (Å²) in [6.45, 7) is 0.215. The minimum absolute atomic E-state index is 0.0101. The molecule has 0 spiro atoms. The normalized spacial score (nSPS) is 16.2. The molecule has 1 aliphatic carbocycles. The quantitative estimate of drug-likeness (QED) is 0.330. The van der Waals surface area contributed by atoms with E-state index in [1.54, 1.807) is 0 Å². The fraction of sp³-hybridized carbons (Fsp3) is 0.562. The standard InChI is InChI=1S/C16H23N3O5S/c20-16(13-6-3-1-2-4-7-13)17-10-11-18-25(23,24)15-9-5-8-14(12-15)19(21)22/h5,8-9,12-13,18H,1-4,6-7,10-11H2,(H,17,20). The zero-order valence-corrected chi connectivity index (χ0v) is 14.8. The Morgan fingerprint density at radius 3 is 2.48 bits per heavy atom. The first-order valence-corrected chi connectivity index (χ1v) is 9.90. The molecule has 1 aromatic rings. The van der Waals surface area contributed by atoms with Gasteiger partial charge in [-0.05, 0) is 18.9 Å². The number of non-ortho nitro benzene ring substituents is 1. The van der Waals surface area contributed by atoms with E-state index in [0.717, 1.165) is 44.6 Å². The molecule has 0 unspecified atom stereocenters. The monoisotopic (exact) mass is 369 g/mol. The van der Waals surface area contributed by atoms with Crippen molar-refractivity contribution in [3.63, 3.8) is 0 Å². The lowest BCUT2D eigenvalue weighted by molar-refractivity contribution is -0.385. The molecule has 0 radical (unpaired) electrons. The Hall–Kier alpha value is -2.00. The molecule has 1 amide bonds. The topological polar surface area (TPSA) is 118 Å². The van der Waals surface area contributed by atoms with E-state index in [2.05, 4.69) is 10.0 Å². The van der Waals surface area contributed by atoms with Crippen LogP contribution in [0.4, 0.5) is 5.69 Å². The summed E-state index contributed by atoms with van der Waals surface area (Å²) in [5.41, 5.74) is -0.287. The molecule has 0 aromatic heterocycles. The highest BCUT2D eigenvalue weighted by molar-refractivity contribution is 7.89. The molecule has 25 heavy (non-hydrogen) atoms. The maximum atomic E-state index is 12.2. The zero-order valence-electron chi connectivity index (χ0n) is 13.9. The molecule has 1 aliphatic rings. The third-order valence-corrected chi connectivity index (χ3v) is 5.74. The third kappa shape index (κ3) is 5.79. The van der Waals surface area contributed by atoms with Crippen molar-refractivity contribution in [1.29, 1.82) is 0 Å². The molecule has 2 N–H and O–H groups in total. The Kier molecular flexibility index (Phi) is 6.89. The molecular formula is C16H23N3O5S. The molecule has 9 heteroatoms. The molecule has 138 valence electrons. The van der Waals surface area contributed by atoms with Crippen LogP contribution in [0.25, 0.3) is 0 Å². The molecule has 0 heterocycles. The number of nitro benzene ring substituents is 1. The van der Waals surface area contributed by atoms with Crippen molar-refractivity contribution >= 4 is 21.6 Å². The van der Waals surface area contributed by atoms with Crippen LogP contribution >= 0.6 is 0 Å². The largest absolute Gasteiger partial charge is 0.355 e. The van der Waals surface area contributed by atoms with E-state index in [1.807, 2.05) is 0 Å². The van der Waals surface area contributed by atoms with Crippen LogP contribution in [0.2, 0.25) is 0 Å². The van der Waals surface area contributed by atoms with Crippen molar-refractivity contribution in [1.82, 2.24) is 10.0 Å². The van der Waals surface area contributed by atoms with Gasteiger partial charge in [0, 0.05) is 31.1 Å². The highest BCUT2D eigenvalue weighted by Crippen LogP contribution is 2.22. The number of amides is 1. The van der Waals surface area contributed by atoms with Gasteiger partial charge in [0.2, 0.25) is 15.9 Å². The van der Waals surface area contributed by atoms with E-state index in [-0.39, 0.29) is 35.5 Å². The Morgan fingerprint density at radius 2 is 1.84 bits per heavy atom. The second-order valence-corrected chi connectivity index (χ2v) is 7.90. The summed E-state index contributed by atoms with van der Waals surface area (Å²) in [6.07, 6.45) is 6.19. The van der Waals surface area contributed by atoms with Gasteiger partial charge in [-0.1, -0.05) is 31.7 Å². The predicted octanol–water partition coefficient (Wildman–Crippen LogP) is 1.96. The van der Waals surface area contributed by atoms with Crippen LogP contribution in [0.5, 0.6) is 0 Å². The van der Waals surface area contributed by atoms with E-state index in [1.165, 1.54) is 18.2 Å². The SMILES string of the molecule is O=C(NCCNS(=O)(=O)c1cccc([N+](=O)[O-])c1)C1CCCCCC1. The van der Waals surface area contributed by atoms with E-state index in [4.69, 9.17) is 0 Å². The molecule has 0 atom stereocenters. The Bertz CT molecular complexity index is 712. The van der Waals surface area contributed by atoms with E-state index in [9.17, 15) is 23.3 Å². The molecule has 0 aliphatic heterocycles. The fourth-order valence-electron chi connectivity index (χ4n) is 2.90. The third-order valence-electron chi connectivity index (χ3n) is 4.28. The van der Waals surface area contributed by atoms with E-state index >= 15 is 0 Å². The summed E-state index contributed by atoms with van der Waals surface area (Å²) >= 11 is 0. The van der Waals surface area contributed by atoms with Gasteiger partial charge >= 0.3 is 0 Å². The highest BCUT2D eigenvalue weighted by atomic mass is 32.2. The lowest BCUT2D eigenvalue weighted by Crippen LogP contribution is -2.37. The Labute approximate surface area is 147 Å². The number of hydrogen-bond donors (Lipinski definition) is 2. The van der Waals surface area contributed by atoms with Gasteiger partial charge in [-0.25, -0.2) is 13.1 Å². The first kappa shape index (κ1) is 19.3. The maximum Gasteiger partial charge on any atom is 0.270 e. The van der Waals surface area contributed by atoms with Gasteiger partial charge in [0.05, 0.1) is 9.82 Å². The maximum absolute atomic E-state index is 12.2. The summed E-state index contributed by atoms with van der Waals surface area (Å²) in [5.74, 6) is -0.0210. The van der Waals surface area contributed by atoms with Crippen molar-refractivity contribution in [3.05, 3.63) is 34.4 Å². The fourth-order valence-corrected chi connectivity index (χ4v) is 3.98. The summed E-state index contributed by atoms with van der Waals surface area (Å²) in [6, 6.07) is 4.85. The lowest BCUT2D eigenvalue weighted by Gasteiger charge is -2.14. The molecule has 1 aromatic carbocycles. The van der Waals surface area contributed by atoms with Crippen LogP contribution in [0.15, 0.2) is 29.2 Å². The van der Waals surface area contributed by atoms with Crippen molar-refractivity contribution in [2.24, 2.45) is 5.92 Å². The number of carbonyl (C=O) groups is 1. The number of sulfonamides is 1. The van der Waals surface area contributed by atoms with Crippen molar-refractivity contribution in [2.45, 2.75) is 43.4 Å². The van der Waals surface area contributed by atoms with Gasteiger partial charge in [0.25, 0.3) is 5.69 Å². The average Bonchev–Trinajstić information content (AvgIpc) is 2.88. The summed E-state index contributed by atoms with van der Waals surface area (Å²) in [5, 5.41) is 13.5. The Morgan fingerprint density at radius 1 is 1.16 bits per heavy atom. The summed E-state index contributed by atoms with van der Waals surface area (Å²) in [7, 11) is -3.85. The van der Waals surface area contributed by atoms with Gasteiger partial charge < -0.3 is 5.32 Å². The number of carbonyl (C=O) groups excluding carboxylic acids is 1. The molecule has 0 bridgehead atoms. The van der Waals surface area contributed by atoms with Gasteiger partial charge in [-0.3, -0.25) is 14.9 Å². The van der Waals surface area contributed by atoms with Crippen LogP contribution in [0, 0.1) is 16.0 Å². The Balaban J connectivity index is 1.83. The second-order valence-electron chi connectivity index (χ2n) is 6.13. The number of hydrogen-bond acceptors (Lipinski definition) is 5. The second kappa shape index (κ2) is 8.91. The average molecular weight is 369 g/mol. The van der Waals surface area contributed by atoms with Gasteiger partial charge in [0.1, 0.15) is 0 Å². The van der Waals surface area contributed by atoms with Gasteiger partial charge in [-0.15, -0.1) is 0 Å². The smallest absolute Gasteiger partial charge is 0.270 e. The minimum Gasteiger partial charge on any atom is -0.355 e. The van der Waals surface area contributed by atoms with Crippen LogP contribution < -0.4 is 10.0 Å². The number of benzene rings is 1. The van der Waals surface area contributed by atoms with Crippen LogP contribution in [-0.2, 0) is 14.8 Å². The van der Waals surface area contributed by atoms with Gasteiger partial charge in [0.15, 0.2) is 0 Å². The molecule has 0 saturated heterocycles. The molecule has 1 fully saturated rings. The van der Waals surface area contributed by atoms with Crippen LogP contribution in [-0.4, -0.2) is 32.3 Å².